The molecule has 3 rings (SSSR count). The van der Waals surface area contributed by atoms with Crippen LogP contribution in [0.1, 0.15) is 5.69 Å². The maximum Gasteiger partial charge on any atom is 0.180 e. The molecular weight excluding hydrogens is 336 g/mol. The summed E-state index contributed by atoms with van der Waals surface area (Å²) in [5.74, 6) is 0.764. The molecule has 0 aliphatic heterocycles. The lowest BCUT2D eigenvalue weighted by Gasteiger charge is -1.92. The molecule has 0 aliphatic rings. The van der Waals surface area contributed by atoms with Gasteiger partial charge in [0.25, 0.3) is 0 Å². The van der Waals surface area contributed by atoms with Crippen molar-refractivity contribution in [3.8, 4) is 10.7 Å². The summed E-state index contributed by atoms with van der Waals surface area (Å²) in [5, 5.41) is 1.20. The van der Waals surface area contributed by atoms with Gasteiger partial charge in [0.1, 0.15) is 5.52 Å². The Morgan fingerprint density at radius 1 is 1.39 bits per heavy atom. The minimum atomic E-state index is 0.542. The fourth-order valence-corrected chi connectivity index (χ4v) is 3.46. The average molecular weight is 344 g/mol. The lowest BCUT2D eigenvalue weighted by atomic mass is 10.3. The number of hydrogen-bond donors (Lipinski definition) is 2. The Bertz CT molecular complexity index is 749. The molecular formula is C11H8BrClN4S. The van der Waals surface area contributed by atoms with E-state index in [0.717, 1.165) is 31.9 Å². The van der Waals surface area contributed by atoms with Crippen molar-refractivity contribution in [3.05, 3.63) is 27.3 Å². The molecule has 0 amide bonds. The monoisotopic (exact) mass is 342 g/mol. The Hall–Kier alpha value is -1.11. The SMILES string of the molecule is Cc1nc(N)sc1-c1nc2c(Br)cc(Cl)cc2[nH]1. The number of thiazole rings is 1. The summed E-state index contributed by atoms with van der Waals surface area (Å²) in [6.45, 7) is 1.91. The number of nitrogens with two attached hydrogens (primary N) is 1. The summed E-state index contributed by atoms with van der Waals surface area (Å²) in [7, 11) is 0. The van der Waals surface area contributed by atoms with Gasteiger partial charge in [0.05, 0.1) is 16.1 Å². The van der Waals surface area contributed by atoms with Crippen LogP contribution in [0.25, 0.3) is 21.7 Å². The number of halogens is 2. The molecule has 7 heteroatoms. The molecule has 0 radical (unpaired) electrons. The van der Waals surface area contributed by atoms with E-state index in [9.17, 15) is 0 Å². The molecule has 3 N–H and O–H groups in total. The highest BCUT2D eigenvalue weighted by Gasteiger charge is 2.14. The zero-order chi connectivity index (χ0) is 12.9. The van der Waals surface area contributed by atoms with Crippen molar-refractivity contribution in [2.75, 3.05) is 5.73 Å². The summed E-state index contributed by atoms with van der Waals surface area (Å²) in [6.07, 6.45) is 0. The zero-order valence-corrected chi connectivity index (χ0v) is 12.4. The topological polar surface area (TPSA) is 67.6 Å². The second-order valence-corrected chi connectivity index (χ2v) is 6.16. The number of nitrogen functional groups attached to an aromatic ring is 1. The number of H-pyrrole nitrogens is 1. The van der Waals surface area contributed by atoms with Crippen LogP contribution in [0.2, 0.25) is 5.02 Å². The van der Waals surface area contributed by atoms with Crippen molar-refractivity contribution in [1.29, 1.82) is 0 Å². The largest absolute Gasteiger partial charge is 0.375 e. The fourth-order valence-electron chi connectivity index (χ4n) is 1.79. The predicted molar refractivity (Wildman–Crippen MR) is 79.1 cm³/mol. The molecule has 2 aromatic heterocycles. The molecule has 2 heterocycles. The van der Waals surface area contributed by atoms with Gasteiger partial charge in [0, 0.05) is 9.50 Å². The van der Waals surface area contributed by atoms with E-state index in [0.29, 0.717) is 10.2 Å². The van der Waals surface area contributed by atoms with E-state index >= 15 is 0 Å². The molecule has 0 saturated carbocycles. The molecule has 18 heavy (non-hydrogen) atoms. The second-order valence-electron chi connectivity index (χ2n) is 3.84. The van der Waals surface area contributed by atoms with Crippen molar-refractivity contribution < 1.29 is 0 Å². The maximum atomic E-state index is 6.01. The Morgan fingerprint density at radius 2 is 2.17 bits per heavy atom. The zero-order valence-electron chi connectivity index (χ0n) is 9.29. The van der Waals surface area contributed by atoms with Crippen LogP contribution in [-0.4, -0.2) is 15.0 Å². The van der Waals surface area contributed by atoms with Gasteiger partial charge in [-0.3, -0.25) is 0 Å². The van der Waals surface area contributed by atoms with Crippen LogP contribution in [0.5, 0.6) is 0 Å². The lowest BCUT2D eigenvalue weighted by molar-refractivity contribution is 1.25. The van der Waals surface area contributed by atoms with Crippen LogP contribution >= 0.6 is 38.9 Å². The van der Waals surface area contributed by atoms with Crippen molar-refractivity contribution in [3.63, 3.8) is 0 Å². The fraction of sp³-hybridized carbons (Fsp3) is 0.0909. The molecule has 92 valence electrons. The Balaban J connectivity index is 2.25. The first-order chi connectivity index (χ1) is 8.54. The number of nitrogens with zero attached hydrogens (tertiary/aromatic N) is 2. The van der Waals surface area contributed by atoms with Crippen LogP contribution < -0.4 is 5.73 Å². The van der Waals surface area contributed by atoms with Gasteiger partial charge in [-0.15, -0.1) is 0 Å². The summed E-state index contributed by atoms with van der Waals surface area (Å²) in [4.78, 5) is 12.9. The van der Waals surface area contributed by atoms with Gasteiger partial charge in [0.2, 0.25) is 0 Å². The van der Waals surface area contributed by atoms with Gasteiger partial charge in [-0.25, -0.2) is 9.97 Å². The van der Waals surface area contributed by atoms with Gasteiger partial charge in [0.15, 0.2) is 11.0 Å². The highest BCUT2D eigenvalue weighted by Crippen LogP contribution is 2.33. The minimum Gasteiger partial charge on any atom is -0.375 e. The van der Waals surface area contributed by atoms with Crippen LogP contribution in [0.15, 0.2) is 16.6 Å². The molecule has 0 saturated heterocycles. The maximum absolute atomic E-state index is 6.01. The molecule has 0 aliphatic carbocycles. The van der Waals surface area contributed by atoms with Crippen molar-refractivity contribution in [2.45, 2.75) is 6.92 Å². The Kier molecular flexibility index (Phi) is 2.80. The lowest BCUT2D eigenvalue weighted by Crippen LogP contribution is -1.81. The number of imidazole rings is 1. The highest BCUT2D eigenvalue weighted by atomic mass is 79.9. The third-order valence-corrected chi connectivity index (χ3v) is 4.35. The molecule has 0 atom stereocenters. The van der Waals surface area contributed by atoms with Gasteiger partial charge in [-0.05, 0) is 35.0 Å². The standard InChI is InChI=1S/C11H8BrClN4S/c1-4-9(18-11(14)15-4)10-16-7-3-5(13)2-6(12)8(7)17-10/h2-3H,1H3,(H2,14,15)(H,16,17). The minimum absolute atomic E-state index is 0.542. The van der Waals surface area contributed by atoms with Crippen molar-refractivity contribution in [2.24, 2.45) is 0 Å². The Labute approximate surface area is 120 Å². The molecule has 1 aromatic carbocycles. The average Bonchev–Trinajstić information content (AvgIpc) is 2.81. The van der Waals surface area contributed by atoms with E-state index in [2.05, 4.69) is 30.9 Å². The Morgan fingerprint density at radius 3 is 2.83 bits per heavy atom. The first kappa shape index (κ1) is 12.0. The molecule has 3 aromatic rings. The summed E-state index contributed by atoms with van der Waals surface area (Å²) in [6, 6.07) is 3.67. The summed E-state index contributed by atoms with van der Waals surface area (Å²) in [5.41, 5.74) is 8.31. The normalized spacial score (nSPS) is 11.3. The van der Waals surface area contributed by atoms with Gasteiger partial charge >= 0.3 is 0 Å². The van der Waals surface area contributed by atoms with E-state index in [4.69, 9.17) is 17.3 Å². The van der Waals surface area contributed by atoms with Crippen LogP contribution in [0, 0.1) is 6.92 Å². The van der Waals surface area contributed by atoms with Crippen LogP contribution in [0.4, 0.5) is 5.13 Å². The van der Waals surface area contributed by atoms with Crippen LogP contribution in [-0.2, 0) is 0 Å². The first-order valence-corrected chi connectivity index (χ1v) is 7.11. The number of fused-ring (bicyclic) bond motifs is 1. The molecule has 4 nitrogen and oxygen atoms in total. The van der Waals surface area contributed by atoms with E-state index in [1.807, 2.05) is 19.1 Å². The molecule has 0 spiro atoms. The number of aryl methyl sites for hydroxylation is 1. The number of aromatic nitrogens is 3. The number of anilines is 1. The molecule has 0 fully saturated rings. The second kappa shape index (κ2) is 4.22. The number of hydrogen-bond acceptors (Lipinski definition) is 4. The number of aromatic amines is 1. The van der Waals surface area contributed by atoms with E-state index in [-0.39, 0.29) is 0 Å². The predicted octanol–water partition coefficient (Wildman–Crippen LogP) is 3.99. The van der Waals surface area contributed by atoms with Gasteiger partial charge in [-0.1, -0.05) is 22.9 Å². The van der Waals surface area contributed by atoms with E-state index in [1.54, 1.807) is 0 Å². The highest BCUT2D eigenvalue weighted by molar-refractivity contribution is 9.10. The number of benzene rings is 1. The summed E-state index contributed by atoms with van der Waals surface area (Å²) >= 11 is 10.9. The smallest absolute Gasteiger partial charge is 0.180 e. The first-order valence-electron chi connectivity index (χ1n) is 5.12. The third kappa shape index (κ3) is 1.90. The number of nitrogens with one attached hydrogen (secondary N) is 1. The van der Waals surface area contributed by atoms with E-state index in [1.165, 1.54) is 11.3 Å². The molecule has 0 bridgehead atoms. The number of rotatable bonds is 1. The van der Waals surface area contributed by atoms with Crippen molar-refractivity contribution in [1.82, 2.24) is 15.0 Å². The summed E-state index contributed by atoms with van der Waals surface area (Å²) < 4.78 is 0.864. The quantitative estimate of drug-likeness (QED) is 0.702. The van der Waals surface area contributed by atoms with Crippen molar-refractivity contribution >= 4 is 55.0 Å². The van der Waals surface area contributed by atoms with Gasteiger partial charge < -0.3 is 10.7 Å². The third-order valence-electron chi connectivity index (χ3n) is 2.53. The molecule has 0 unspecified atom stereocenters. The van der Waals surface area contributed by atoms with Crippen LogP contribution in [0.3, 0.4) is 0 Å². The van der Waals surface area contributed by atoms with Gasteiger partial charge in [-0.2, -0.15) is 0 Å². The van der Waals surface area contributed by atoms with E-state index < -0.39 is 0 Å².